The molecule has 0 bridgehead atoms. The number of rotatable bonds is 8. The fourth-order valence-electron chi connectivity index (χ4n) is 2.90. The molecule has 1 unspecified atom stereocenters. The molecule has 0 fully saturated rings. The minimum atomic E-state index is -0.157. The van der Waals surface area contributed by atoms with Crippen LogP contribution in [0.25, 0.3) is 0 Å². The van der Waals surface area contributed by atoms with Crippen molar-refractivity contribution < 1.29 is 14.3 Å². The van der Waals surface area contributed by atoms with Crippen LogP contribution in [0.4, 0.5) is 0 Å². The quantitative estimate of drug-likeness (QED) is 0.750. The Morgan fingerprint density at radius 2 is 1.69 bits per heavy atom. The molecule has 1 atom stereocenters. The molecule has 2 aromatic rings. The first-order valence-electron chi connectivity index (χ1n) is 9.04. The molecule has 4 heteroatoms. The summed E-state index contributed by atoms with van der Waals surface area (Å²) in [5.74, 6) is 2.02. The molecular weight excluding hydrogens is 326 g/mol. The maximum absolute atomic E-state index is 12.3. The van der Waals surface area contributed by atoms with Gasteiger partial charge in [-0.2, -0.15) is 0 Å². The van der Waals surface area contributed by atoms with Gasteiger partial charge in [-0.1, -0.05) is 38.1 Å². The highest BCUT2D eigenvalue weighted by Crippen LogP contribution is 2.29. The predicted molar refractivity (Wildman–Crippen MR) is 105 cm³/mol. The van der Waals surface area contributed by atoms with E-state index in [1.54, 1.807) is 14.2 Å². The standard InChI is InChI=1S/C22H29NO3/c1-15(2)18-9-6-17(7-10-18)8-13-22(24)23-16(3)20-14-19(25-4)11-12-21(20)26-5/h6-7,9-12,14-16H,8,13H2,1-5H3,(H,23,24). The van der Waals surface area contributed by atoms with Gasteiger partial charge in [0.2, 0.25) is 5.91 Å². The summed E-state index contributed by atoms with van der Waals surface area (Å²) in [4.78, 5) is 12.3. The van der Waals surface area contributed by atoms with Crippen LogP contribution in [0.3, 0.4) is 0 Å². The third-order valence-corrected chi connectivity index (χ3v) is 4.57. The van der Waals surface area contributed by atoms with Gasteiger partial charge < -0.3 is 14.8 Å². The molecule has 2 aromatic carbocycles. The molecule has 1 amide bonds. The summed E-state index contributed by atoms with van der Waals surface area (Å²) in [6.07, 6.45) is 1.18. The van der Waals surface area contributed by atoms with Crippen molar-refractivity contribution in [1.29, 1.82) is 0 Å². The maximum Gasteiger partial charge on any atom is 0.220 e. The Bertz CT molecular complexity index is 723. The van der Waals surface area contributed by atoms with Crippen molar-refractivity contribution in [3.8, 4) is 11.5 Å². The van der Waals surface area contributed by atoms with Gasteiger partial charge in [-0.25, -0.2) is 0 Å². The van der Waals surface area contributed by atoms with E-state index in [0.29, 0.717) is 12.3 Å². The fraction of sp³-hybridized carbons (Fsp3) is 0.409. The van der Waals surface area contributed by atoms with Gasteiger partial charge >= 0.3 is 0 Å². The first kappa shape index (κ1) is 19.8. The Balaban J connectivity index is 1.94. The molecule has 26 heavy (non-hydrogen) atoms. The molecule has 1 N–H and O–H groups in total. The Morgan fingerprint density at radius 3 is 2.27 bits per heavy atom. The van der Waals surface area contributed by atoms with Gasteiger partial charge in [0.05, 0.1) is 20.3 Å². The Hall–Kier alpha value is -2.49. The lowest BCUT2D eigenvalue weighted by molar-refractivity contribution is -0.121. The predicted octanol–water partition coefficient (Wildman–Crippen LogP) is 4.64. The van der Waals surface area contributed by atoms with Crippen molar-refractivity contribution in [3.05, 3.63) is 59.2 Å². The summed E-state index contributed by atoms with van der Waals surface area (Å²) in [6.45, 7) is 6.31. The fourth-order valence-corrected chi connectivity index (χ4v) is 2.90. The van der Waals surface area contributed by atoms with Gasteiger partial charge in [-0.3, -0.25) is 4.79 Å². The van der Waals surface area contributed by atoms with E-state index >= 15 is 0 Å². The average Bonchev–Trinajstić information content (AvgIpc) is 2.66. The van der Waals surface area contributed by atoms with Crippen LogP contribution in [0.15, 0.2) is 42.5 Å². The van der Waals surface area contributed by atoms with Crippen LogP contribution in [0.1, 0.15) is 55.8 Å². The highest BCUT2D eigenvalue weighted by Gasteiger charge is 2.15. The van der Waals surface area contributed by atoms with Gasteiger partial charge in [0.25, 0.3) is 0 Å². The van der Waals surface area contributed by atoms with Crippen LogP contribution in [0, 0.1) is 0 Å². The van der Waals surface area contributed by atoms with E-state index in [2.05, 4.69) is 43.4 Å². The summed E-state index contributed by atoms with van der Waals surface area (Å²) in [6, 6.07) is 13.9. The van der Waals surface area contributed by atoms with Crippen LogP contribution in [0.5, 0.6) is 11.5 Å². The number of benzene rings is 2. The van der Waals surface area contributed by atoms with Crippen LogP contribution in [-0.4, -0.2) is 20.1 Å². The van der Waals surface area contributed by atoms with E-state index in [-0.39, 0.29) is 11.9 Å². The molecule has 4 nitrogen and oxygen atoms in total. The third kappa shape index (κ3) is 5.25. The lowest BCUT2D eigenvalue weighted by atomic mass is 10.00. The number of ether oxygens (including phenoxy) is 2. The number of amides is 1. The van der Waals surface area contributed by atoms with Crippen LogP contribution < -0.4 is 14.8 Å². The summed E-state index contributed by atoms with van der Waals surface area (Å²) in [7, 11) is 3.25. The van der Waals surface area contributed by atoms with Crippen molar-refractivity contribution in [3.63, 3.8) is 0 Å². The van der Waals surface area contributed by atoms with Crippen LogP contribution in [0.2, 0.25) is 0 Å². The van der Waals surface area contributed by atoms with Gasteiger partial charge in [-0.05, 0) is 48.6 Å². The van der Waals surface area contributed by atoms with Crippen LogP contribution >= 0.6 is 0 Å². The molecule has 0 saturated heterocycles. The van der Waals surface area contributed by atoms with E-state index in [4.69, 9.17) is 9.47 Å². The molecule has 0 aliphatic rings. The zero-order valence-corrected chi connectivity index (χ0v) is 16.3. The normalized spacial score (nSPS) is 11.9. The second-order valence-electron chi connectivity index (χ2n) is 6.79. The molecule has 0 heterocycles. The maximum atomic E-state index is 12.3. The summed E-state index contributed by atoms with van der Waals surface area (Å²) in [5, 5.41) is 3.05. The second-order valence-corrected chi connectivity index (χ2v) is 6.79. The van der Waals surface area contributed by atoms with Crippen molar-refractivity contribution in [1.82, 2.24) is 5.32 Å². The molecule has 0 aliphatic carbocycles. The molecule has 2 rings (SSSR count). The number of nitrogens with one attached hydrogen (secondary N) is 1. The minimum Gasteiger partial charge on any atom is -0.497 e. The molecule has 0 aliphatic heterocycles. The largest absolute Gasteiger partial charge is 0.497 e. The van der Waals surface area contributed by atoms with E-state index < -0.39 is 0 Å². The Morgan fingerprint density at radius 1 is 1.00 bits per heavy atom. The topological polar surface area (TPSA) is 47.6 Å². The van der Waals surface area contributed by atoms with Crippen molar-refractivity contribution >= 4 is 5.91 Å². The lowest BCUT2D eigenvalue weighted by Gasteiger charge is -2.18. The number of hydrogen-bond donors (Lipinski definition) is 1. The summed E-state index contributed by atoms with van der Waals surface area (Å²) < 4.78 is 10.7. The van der Waals surface area contributed by atoms with E-state index in [0.717, 1.165) is 23.5 Å². The van der Waals surface area contributed by atoms with E-state index in [1.807, 2.05) is 25.1 Å². The zero-order chi connectivity index (χ0) is 19.1. The number of hydrogen-bond acceptors (Lipinski definition) is 3. The molecule has 0 spiro atoms. The van der Waals surface area contributed by atoms with Gasteiger partial charge in [0, 0.05) is 12.0 Å². The lowest BCUT2D eigenvalue weighted by Crippen LogP contribution is -2.27. The van der Waals surface area contributed by atoms with Gasteiger partial charge in [0.15, 0.2) is 0 Å². The molecule has 0 radical (unpaired) electrons. The molecule has 0 saturated carbocycles. The molecule has 140 valence electrons. The van der Waals surface area contributed by atoms with Gasteiger partial charge in [-0.15, -0.1) is 0 Å². The first-order chi connectivity index (χ1) is 12.4. The Labute approximate surface area is 156 Å². The highest BCUT2D eigenvalue weighted by molar-refractivity contribution is 5.76. The molecule has 0 aromatic heterocycles. The summed E-state index contributed by atoms with van der Waals surface area (Å²) >= 11 is 0. The highest BCUT2D eigenvalue weighted by atomic mass is 16.5. The smallest absolute Gasteiger partial charge is 0.220 e. The minimum absolute atomic E-state index is 0.0234. The van der Waals surface area contributed by atoms with Crippen LogP contribution in [-0.2, 0) is 11.2 Å². The van der Waals surface area contributed by atoms with Gasteiger partial charge in [0.1, 0.15) is 11.5 Å². The van der Waals surface area contributed by atoms with Crippen molar-refractivity contribution in [2.24, 2.45) is 0 Å². The van der Waals surface area contributed by atoms with E-state index in [9.17, 15) is 4.79 Å². The number of methoxy groups -OCH3 is 2. The summed E-state index contributed by atoms with van der Waals surface area (Å²) in [5.41, 5.74) is 3.40. The van der Waals surface area contributed by atoms with Crippen molar-refractivity contribution in [2.45, 2.75) is 45.6 Å². The zero-order valence-electron chi connectivity index (χ0n) is 16.3. The third-order valence-electron chi connectivity index (χ3n) is 4.57. The van der Waals surface area contributed by atoms with Crippen molar-refractivity contribution in [2.75, 3.05) is 14.2 Å². The first-order valence-corrected chi connectivity index (χ1v) is 9.04. The van der Waals surface area contributed by atoms with E-state index in [1.165, 1.54) is 11.1 Å². The number of carbonyl (C=O) groups is 1. The average molecular weight is 355 g/mol. The molecular formula is C22H29NO3. The Kier molecular flexibility index (Phi) is 7.07. The monoisotopic (exact) mass is 355 g/mol. The number of carbonyl (C=O) groups excluding carboxylic acids is 1. The SMILES string of the molecule is COc1ccc(OC)c(C(C)NC(=O)CCc2ccc(C(C)C)cc2)c1. The number of aryl methyl sites for hydroxylation is 1. The second kappa shape index (κ2) is 9.27.